The van der Waals surface area contributed by atoms with E-state index in [9.17, 15) is 9.59 Å². The van der Waals surface area contributed by atoms with Crippen LogP contribution in [-0.4, -0.2) is 23.0 Å². The molecule has 0 aliphatic rings. The highest BCUT2D eigenvalue weighted by atomic mass is 16.4. The van der Waals surface area contributed by atoms with E-state index in [0.29, 0.717) is 6.42 Å². The molecular weight excluding hydrogens is 218 g/mol. The summed E-state index contributed by atoms with van der Waals surface area (Å²) in [7, 11) is 0. The second kappa shape index (κ2) is 8.09. The normalized spacial score (nSPS) is 16.0. The van der Waals surface area contributed by atoms with Crippen molar-refractivity contribution in [2.75, 3.05) is 0 Å². The van der Waals surface area contributed by atoms with Crippen molar-refractivity contribution in [1.29, 1.82) is 0 Å². The molecule has 100 valence electrons. The minimum absolute atomic E-state index is 0.0513. The maximum absolute atomic E-state index is 11.6. The number of hydrogen-bond acceptors (Lipinski definition) is 2. The molecule has 0 spiro atoms. The molecular formula is C13H25NO3. The summed E-state index contributed by atoms with van der Waals surface area (Å²) in [5.74, 6) is -0.907. The first-order valence-corrected chi connectivity index (χ1v) is 6.41. The van der Waals surface area contributed by atoms with Crippen LogP contribution in [-0.2, 0) is 9.59 Å². The lowest BCUT2D eigenvalue weighted by atomic mass is 10.0. The number of carboxylic acids is 1. The van der Waals surface area contributed by atoms with Crippen molar-refractivity contribution in [2.45, 2.75) is 59.4 Å². The monoisotopic (exact) mass is 243 g/mol. The predicted molar refractivity (Wildman–Crippen MR) is 67.7 cm³/mol. The van der Waals surface area contributed by atoms with Crippen LogP contribution in [0.1, 0.15) is 53.4 Å². The summed E-state index contributed by atoms with van der Waals surface area (Å²) in [4.78, 5) is 22.2. The average molecular weight is 243 g/mol. The van der Waals surface area contributed by atoms with Gasteiger partial charge in [-0.1, -0.05) is 27.2 Å². The van der Waals surface area contributed by atoms with Crippen molar-refractivity contribution >= 4 is 11.9 Å². The van der Waals surface area contributed by atoms with E-state index in [4.69, 9.17) is 5.11 Å². The molecule has 0 aliphatic carbocycles. The Balaban J connectivity index is 3.76. The third kappa shape index (κ3) is 6.97. The fraction of sp³-hybridized carbons (Fsp3) is 0.846. The molecule has 0 fully saturated rings. The van der Waals surface area contributed by atoms with Gasteiger partial charge in [0.05, 0.1) is 5.92 Å². The van der Waals surface area contributed by atoms with Gasteiger partial charge in [-0.25, -0.2) is 0 Å². The second-order valence-corrected chi connectivity index (χ2v) is 4.89. The highest BCUT2D eigenvalue weighted by Gasteiger charge is 2.14. The molecule has 3 atom stereocenters. The molecule has 3 unspecified atom stereocenters. The molecule has 0 saturated heterocycles. The lowest BCUT2D eigenvalue weighted by Crippen LogP contribution is -2.36. The van der Waals surface area contributed by atoms with Gasteiger partial charge in [0.15, 0.2) is 0 Å². The zero-order valence-electron chi connectivity index (χ0n) is 11.3. The Morgan fingerprint density at radius 3 is 2.18 bits per heavy atom. The van der Waals surface area contributed by atoms with E-state index >= 15 is 0 Å². The highest BCUT2D eigenvalue weighted by molar-refractivity contribution is 5.78. The third-order valence-corrected chi connectivity index (χ3v) is 3.14. The van der Waals surface area contributed by atoms with Gasteiger partial charge in [0.25, 0.3) is 0 Å². The van der Waals surface area contributed by atoms with Crippen molar-refractivity contribution in [3.05, 3.63) is 0 Å². The molecule has 0 aliphatic heterocycles. The largest absolute Gasteiger partial charge is 0.481 e. The molecule has 4 heteroatoms. The summed E-state index contributed by atoms with van der Waals surface area (Å²) in [6.07, 6.45) is 3.17. The molecule has 0 rings (SSSR count). The van der Waals surface area contributed by atoms with E-state index in [0.717, 1.165) is 19.3 Å². The number of carbonyl (C=O) groups excluding carboxylic acids is 1. The zero-order valence-corrected chi connectivity index (χ0v) is 11.3. The molecule has 0 heterocycles. The van der Waals surface area contributed by atoms with Crippen LogP contribution in [0.4, 0.5) is 0 Å². The lowest BCUT2D eigenvalue weighted by molar-refractivity contribution is -0.141. The SMILES string of the molecule is CCC(C)C(=O)NC(C)CCCC(C)C(=O)O. The quantitative estimate of drug-likeness (QED) is 0.688. The summed E-state index contributed by atoms with van der Waals surface area (Å²) in [6.45, 7) is 7.58. The van der Waals surface area contributed by atoms with E-state index in [-0.39, 0.29) is 23.8 Å². The van der Waals surface area contributed by atoms with E-state index < -0.39 is 5.97 Å². The van der Waals surface area contributed by atoms with Crippen LogP contribution in [0.2, 0.25) is 0 Å². The Labute approximate surface area is 104 Å². The number of hydrogen-bond donors (Lipinski definition) is 2. The van der Waals surface area contributed by atoms with Gasteiger partial charge in [-0.3, -0.25) is 9.59 Å². The first-order chi connectivity index (χ1) is 7.88. The molecule has 17 heavy (non-hydrogen) atoms. The van der Waals surface area contributed by atoms with Gasteiger partial charge in [-0.05, 0) is 26.2 Å². The number of carboxylic acid groups (broad SMARTS) is 1. The number of aliphatic carboxylic acids is 1. The fourth-order valence-corrected chi connectivity index (χ4v) is 1.50. The Morgan fingerprint density at radius 2 is 1.71 bits per heavy atom. The average Bonchev–Trinajstić information content (AvgIpc) is 2.27. The standard InChI is InChI=1S/C13H25NO3/c1-5-9(2)12(15)14-11(4)8-6-7-10(3)13(16)17/h9-11H,5-8H2,1-4H3,(H,14,15)(H,16,17). The van der Waals surface area contributed by atoms with Crippen LogP contribution in [0.25, 0.3) is 0 Å². The summed E-state index contributed by atoms with van der Waals surface area (Å²) in [5.41, 5.74) is 0. The van der Waals surface area contributed by atoms with Crippen LogP contribution < -0.4 is 5.32 Å². The molecule has 0 radical (unpaired) electrons. The third-order valence-electron chi connectivity index (χ3n) is 3.14. The maximum Gasteiger partial charge on any atom is 0.306 e. The van der Waals surface area contributed by atoms with Crippen molar-refractivity contribution in [1.82, 2.24) is 5.32 Å². The molecule has 4 nitrogen and oxygen atoms in total. The van der Waals surface area contributed by atoms with Crippen LogP contribution in [0.3, 0.4) is 0 Å². The van der Waals surface area contributed by atoms with Gasteiger partial charge < -0.3 is 10.4 Å². The Morgan fingerprint density at radius 1 is 1.12 bits per heavy atom. The first-order valence-electron chi connectivity index (χ1n) is 6.41. The van der Waals surface area contributed by atoms with E-state index in [1.807, 2.05) is 20.8 Å². The molecule has 0 aromatic carbocycles. The molecule has 0 saturated carbocycles. The second-order valence-electron chi connectivity index (χ2n) is 4.89. The van der Waals surface area contributed by atoms with Gasteiger partial charge in [-0.15, -0.1) is 0 Å². The van der Waals surface area contributed by atoms with Crippen molar-refractivity contribution < 1.29 is 14.7 Å². The first kappa shape index (κ1) is 15.9. The molecule has 1 amide bonds. The van der Waals surface area contributed by atoms with Gasteiger partial charge >= 0.3 is 5.97 Å². The van der Waals surface area contributed by atoms with E-state index in [1.165, 1.54) is 0 Å². The van der Waals surface area contributed by atoms with Crippen LogP contribution in [0.5, 0.6) is 0 Å². The van der Waals surface area contributed by atoms with E-state index in [1.54, 1.807) is 6.92 Å². The number of nitrogens with one attached hydrogen (secondary N) is 1. The van der Waals surface area contributed by atoms with Gasteiger partial charge in [-0.2, -0.15) is 0 Å². The Hall–Kier alpha value is -1.06. The minimum atomic E-state index is -0.749. The highest BCUT2D eigenvalue weighted by Crippen LogP contribution is 2.10. The van der Waals surface area contributed by atoms with Crippen molar-refractivity contribution in [3.63, 3.8) is 0 Å². The number of rotatable bonds is 8. The molecule has 0 aromatic heterocycles. The summed E-state index contributed by atoms with van der Waals surface area (Å²) in [5, 5.41) is 11.7. The summed E-state index contributed by atoms with van der Waals surface area (Å²) < 4.78 is 0. The van der Waals surface area contributed by atoms with Crippen molar-refractivity contribution in [3.8, 4) is 0 Å². The van der Waals surface area contributed by atoms with Gasteiger partial charge in [0.2, 0.25) is 5.91 Å². The zero-order chi connectivity index (χ0) is 13.4. The smallest absolute Gasteiger partial charge is 0.306 e. The van der Waals surface area contributed by atoms with Crippen molar-refractivity contribution in [2.24, 2.45) is 11.8 Å². The molecule has 0 aromatic rings. The fourth-order valence-electron chi connectivity index (χ4n) is 1.50. The minimum Gasteiger partial charge on any atom is -0.481 e. The summed E-state index contributed by atoms with van der Waals surface area (Å²) >= 11 is 0. The molecule has 2 N–H and O–H groups in total. The Kier molecular flexibility index (Phi) is 7.59. The predicted octanol–water partition coefficient (Wildman–Crippen LogP) is 2.43. The van der Waals surface area contributed by atoms with Crippen LogP contribution >= 0.6 is 0 Å². The summed E-state index contributed by atoms with van der Waals surface area (Å²) in [6, 6.07) is 0.123. The maximum atomic E-state index is 11.6. The van der Waals surface area contributed by atoms with Crippen LogP contribution in [0.15, 0.2) is 0 Å². The Bertz CT molecular complexity index is 253. The molecule has 0 bridgehead atoms. The number of carbonyl (C=O) groups is 2. The van der Waals surface area contributed by atoms with Crippen LogP contribution in [0, 0.1) is 11.8 Å². The van der Waals surface area contributed by atoms with Gasteiger partial charge in [0.1, 0.15) is 0 Å². The lowest BCUT2D eigenvalue weighted by Gasteiger charge is -2.17. The van der Waals surface area contributed by atoms with E-state index in [2.05, 4.69) is 5.32 Å². The topological polar surface area (TPSA) is 66.4 Å². The number of amides is 1. The van der Waals surface area contributed by atoms with Gasteiger partial charge in [0, 0.05) is 12.0 Å².